The van der Waals surface area contributed by atoms with Gasteiger partial charge >= 0.3 is 6.61 Å². The fraction of sp³-hybridized carbons (Fsp3) is 0.316. The Morgan fingerprint density at radius 1 is 1.17 bits per heavy atom. The maximum Gasteiger partial charge on any atom is 0.387 e. The van der Waals surface area contributed by atoms with Crippen molar-refractivity contribution < 1.29 is 28.2 Å². The number of nitrogens with two attached hydrogens (primary N) is 2. The lowest BCUT2D eigenvalue weighted by molar-refractivity contribution is -0.117. The molecule has 8 nitrogen and oxygen atoms in total. The van der Waals surface area contributed by atoms with E-state index in [-0.39, 0.29) is 18.1 Å². The van der Waals surface area contributed by atoms with Crippen molar-refractivity contribution in [1.29, 1.82) is 0 Å². The number of hydrazine groups is 2. The van der Waals surface area contributed by atoms with Gasteiger partial charge in [-0.05, 0) is 42.3 Å². The standard InChI is InChI=1S/C17H20F2N2O3.C2H6N2O/c1-3-11-9-12(22)7-8-15(11)23-10-13-14(21(2)20)5-4-6-16(13)24-17(18)19;1-4(3)2-5/h4-9,17,22H,3,10,20H2,1-2H3;2H,3H2,1H3. The molecule has 29 heavy (non-hydrogen) atoms. The minimum absolute atomic E-state index is 0.00244. The summed E-state index contributed by atoms with van der Waals surface area (Å²) >= 11 is 0. The maximum atomic E-state index is 12.6. The predicted molar refractivity (Wildman–Crippen MR) is 105 cm³/mol. The predicted octanol–water partition coefficient (Wildman–Crippen LogP) is 2.39. The Kier molecular flexibility index (Phi) is 9.63. The van der Waals surface area contributed by atoms with E-state index in [1.165, 1.54) is 24.2 Å². The maximum absolute atomic E-state index is 12.6. The normalized spacial score (nSPS) is 10.1. The van der Waals surface area contributed by atoms with Crippen molar-refractivity contribution >= 4 is 12.1 Å². The van der Waals surface area contributed by atoms with Gasteiger partial charge < -0.3 is 19.6 Å². The monoisotopic (exact) mass is 412 g/mol. The second kappa shape index (κ2) is 11.7. The summed E-state index contributed by atoms with van der Waals surface area (Å²) in [7, 11) is 3.07. The van der Waals surface area contributed by atoms with Crippen molar-refractivity contribution in [3.63, 3.8) is 0 Å². The zero-order valence-corrected chi connectivity index (χ0v) is 16.5. The minimum Gasteiger partial charge on any atom is -0.508 e. The van der Waals surface area contributed by atoms with E-state index in [0.29, 0.717) is 29.8 Å². The first-order valence-electron chi connectivity index (χ1n) is 8.62. The van der Waals surface area contributed by atoms with E-state index in [0.717, 1.165) is 10.6 Å². The van der Waals surface area contributed by atoms with Crippen LogP contribution in [-0.4, -0.2) is 37.2 Å². The molecule has 0 bridgehead atoms. The van der Waals surface area contributed by atoms with Crippen LogP contribution in [0.4, 0.5) is 14.5 Å². The quantitative estimate of drug-likeness (QED) is 0.264. The summed E-state index contributed by atoms with van der Waals surface area (Å²) in [6.45, 7) is -1.02. The summed E-state index contributed by atoms with van der Waals surface area (Å²) in [5.74, 6) is 11.2. The number of aromatic hydroxyl groups is 1. The van der Waals surface area contributed by atoms with Crippen molar-refractivity contribution in [2.24, 2.45) is 11.7 Å². The van der Waals surface area contributed by atoms with E-state index in [1.54, 1.807) is 31.3 Å². The molecule has 10 heteroatoms. The molecule has 1 amide bonds. The molecule has 2 aromatic rings. The van der Waals surface area contributed by atoms with Gasteiger partial charge in [-0.25, -0.2) is 11.7 Å². The Balaban J connectivity index is 0.000000749. The van der Waals surface area contributed by atoms with Crippen molar-refractivity contribution in [2.75, 3.05) is 19.1 Å². The molecule has 2 aromatic carbocycles. The van der Waals surface area contributed by atoms with Gasteiger partial charge in [0, 0.05) is 14.1 Å². The van der Waals surface area contributed by atoms with Crippen LogP contribution in [0.2, 0.25) is 0 Å². The largest absolute Gasteiger partial charge is 0.508 e. The fourth-order valence-corrected chi connectivity index (χ4v) is 2.37. The summed E-state index contributed by atoms with van der Waals surface area (Å²) < 4.78 is 35.6. The topological polar surface area (TPSA) is 114 Å². The van der Waals surface area contributed by atoms with Gasteiger partial charge in [-0.2, -0.15) is 8.78 Å². The molecule has 0 saturated heterocycles. The first kappa shape index (κ1) is 23.9. The molecule has 0 fully saturated rings. The van der Waals surface area contributed by atoms with Gasteiger partial charge in [-0.3, -0.25) is 9.80 Å². The van der Waals surface area contributed by atoms with Gasteiger partial charge in [0.1, 0.15) is 23.9 Å². The Bertz CT molecular complexity index is 789. The van der Waals surface area contributed by atoms with E-state index >= 15 is 0 Å². The highest BCUT2D eigenvalue weighted by Gasteiger charge is 2.16. The summed E-state index contributed by atoms with van der Waals surface area (Å²) in [4.78, 5) is 9.31. The summed E-state index contributed by atoms with van der Waals surface area (Å²) in [6.07, 6.45) is 1.18. The zero-order valence-electron chi connectivity index (χ0n) is 16.5. The van der Waals surface area contributed by atoms with Gasteiger partial charge in [0.25, 0.3) is 0 Å². The average molecular weight is 412 g/mol. The van der Waals surface area contributed by atoms with E-state index in [2.05, 4.69) is 4.74 Å². The third kappa shape index (κ3) is 7.80. The number of benzene rings is 2. The van der Waals surface area contributed by atoms with Gasteiger partial charge in [-0.1, -0.05) is 13.0 Å². The van der Waals surface area contributed by atoms with Gasteiger partial charge in [-0.15, -0.1) is 0 Å². The molecule has 0 aromatic heterocycles. The molecule has 2 rings (SSSR count). The highest BCUT2D eigenvalue weighted by molar-refractivity contribution is 5.58. The van der Waals surface area contributed by atoms with Crippen LogP contribution in [0.1, 0.15) is 18.1 Å². The Labute approximate surface area is 168 Å². The van der Waals surface area contributed by atoms with E-state index in [9.17, 15) is 18.7 Å². The Hall–Kier alpha value is -3.11. The molecule has 160 valence electrons. The van der Waals surface area contributed by atoms with Crippen LogP contribution in [0.25, 0.3) is 0 Å². The van der Waals surface area contributed by atoms with Gasteiger partial charge in [0.2, 0.25) is 6.41 Å². The number of carbonyl (C=O) groups is 1. The van der Waals surface area contributed by atoms with Crippen LogP contribution in [-0.2, 0) is 17.8 Å². The lowest BCUT2D eigenvalue weighted by Crippen LogP contribution is -2.27. The molecule has 0 spiro atoms. The van der Waals surface area contributed by atoms with E-state index < -0.39 is 6.61 Å². The third-order valence-electron chi connectivity index (χ3n) is 3.67. The summed E-state index contributed by atoms with van der Waals surface area (Å²) in [5, 5.41) is 11.8. The SMILES string of the molecule is CCc1cc(O)ccc1OCc1c(OC(F)F)cccc1N(C)N.CN(N)C=O. The molecule has 0 aliphatic rings. The lowest BCUT2D eigenvalue weighted by atomic mass is 10.1. The first-order valence-corrected chi connectivity index (χ1v) is 8.62. The molecule has 0 atom stereocenters. The number of hydrogen-bond donors (Lipinski definition) is 3. The smallest absolute Gasteiger partial charge is 0.387 e. The van der Waals surface area contributed by atoms with Crippen LogP contribution in [0, 0.1) is 0 Å². The molecule has 5 N–H and O–H groups in total. The molecule has 0 radical (unpaired) electrons. The number of halogens is 2. The lowest BCUT2D eigenvalue weighted by Gasteiger charge is -2.21. The molecule has 0 aliphatic heterocycles. The molecular weight excluding hydrogens is 386 g/mol. The van der Waals surface area contributed by atoms with Crippen molar-refractivity contribution in [3.05, 3.63) is 47.5 Å². The number of amides is 1. The molecule has 0 heterocycles. The number of aryl methyl sites for hydroxylation is 1. The van der Waals surface area contributed by atoms with Gasteiger partial charge in [0.05, 0.1) is 11.3 Å². The Morgan fingerprint density at radius 2 is 1.83 bits per heavy atom. The number of anilines is 1. The fourth-order valence-electron chi connectivity index (χ4n) is 2.37. The molecule has 0 unspecified atom stereocenters. The molecule has 0 aliphatic carbocycles. The number of phenols is 1. The molecule has 0 saturated carbocycles. The number of ether oxygens (including phenoxy) is 2. The van der Waals surface area contributed by atoms with Crippen molar-refractivity contribution in [3.8, 4) is 17.2 Å². The third-order valence-corrected chi connectivity index (χ3v) is 3.67. The summed E-state index contributed by atoms with van der Waals surface area (Å²) in [5.41, 5.74) is 1.74. The van der Waals surface area contributed by atoms with Crippen LogP contribution in [0.3, 0.4) is 0 Å². The summed E-state index contributed by atoms with van der Waals surface area (Å²) in [6, 6.07) is 9.46. The molecular formula is C19H26F2N4O4. The minimum atomic E-state index is -2.94. The van der Waals surface area contributed by atoms with Crippen LogP contribution >= 0.6 is 0 Å². The first-order chi connectivity index (χ1) is 13.7. The van der Waals surface area contributed by atoms with E-state index in [4.69, 9.17) is 16.4 Å². The van der Waals surface area contributed by atoms with Crippen LogP contribution in [0.15, 0.2) is 36.4 Å². The Morgan fingerprint density at radius 3 is 2.34 bits per heavy atom. The van der Waals surface area contributed by atoms with Crippen molar-refractivity contribution in [1.82, 2.24) is 5.01 Å². The van der Waals surface area contributed by atoms with Crippen molar-refractivity contribution in [2.45, 2.75) is 26.6 Å². The number of nitrogens with zero attached hydrogens (tertiary/aromatic N) is 2. The van der Waals surface area contributed by atoms with Crippen LogP contribution < -0.4 is 26.2 Å². The number of phenolic OH excluding ortho intramolecular Hbond substituents is 1. The van der Waals surface area contributed by atoms with Crippen LogP contribution in [0.5, 0.6) is 17.2 Å². The number of hydrogen-bond acceptors (Lipinski definition) is 7. The van der Waals surface area contributed by atoms with E-state index in [1.807, 2.05) is 6.92 Å². The highest BCUT2D eigenvalue weighted by atomic mass is 19.3. The average Bonchev–Trinajstić information content (AvgIpc) is 2.67. The number of rotatable bonds is 8. The highest BCUT2D eigenvalue weighted by Crippen LogP contribution is 2.32. The number of alkyl halides is 2. The number of carbonyl (C=O) groups excluding carboxylic acids is 1. The zero-order chi connectivity index (χ0) is 22.0. The van der Waals surface area contributed by atoms with Gasteiger partial charge in [0.15, 0.2) is 0 Å². The second-order valence-corrected chi connectivity index (χ2v) is 5.95. The second-order valence-electron chi connectivity index (χ2n) is 5.95.